The molecule has 0 saturated carbocycles. The van der Waals surface area contributed by atoms with Crippen molar-refractivity contribution in [2.45, 2.75) is 52.5 Å². The van der Waals surface area contributed by atoms with E-state index in [-0.39, 0.29) is 12.2 Å². The molecule has 0 saturated heterocycles. The summed E-state index contributed by atoms with van der Waals surface area (Å²) >= 11 is 1.62. The zero-order valence-electron chi connectivity index (χ0n) is 15.6. The van der Waals surface area contributed by atoms with E-state index >= 15 is 0 Å². The molecule has 26 heavy (non-hydrogen) atoms. The van der Waals surface area contributed by atoms with E-state index in [0.717, 1.165) is 29.7 Å². The van der Waals surface area contributed by atoms with Gasteiger partial charge in [0.15, 0.2) is 0 Å². The van der Waals surface area contributed by atoms with Crippen molar-refractivity contribution in [1.82, 2.24) is 9.55 Å². The number of hydrogen-bond donors (Lipinski definition) is 0. The van der Waals surface area contributed by atoms with E-state index in [1.54, 1.807) is 11.3 Å². The summed E-state index contributed by atoms with van der Waals surface area (Å²) in [4.78, 5) is 32.1. The largest absolute Gasteiger partial charge is 0.462 e. The van der Waals surface area contributed by atoms with Crippen LogP contribution >= 0.6 is 11.3 Å². The van der Waals surface area contributed by atoms with Crippen molar-refractivity contribution in [1.29, 1.82) is 0 Å². The maximum absolute atomic E-state index is 13.1. The standard InChI is InChI=1S/C19H26N2O4S/c1-4-14(19(23)25-9-8-24-5-2)21-11-20-17-16(18(21)22)13-7-6-12(3)10-15(13)26-17/h11-12,14H,4-10H2,1-3H3/t12-,14-/m1/s1. The van der Waals surface area contributed by atoms with Gasteiger partial charge in [0.05, 0.1) is 18.3 Å². The van der Waals surface area contributed by atoms with E-state index in [1.165, 1.54) is 15.8 Å². The highest BCUT2D eigenvalue weighted by Crippen LogP contribution is 2.35. The van der Waals surface area contributed by atoms with Crippen molar-refractivity contribution in [2.24, 2.45) is 5.92 Å². The monoisotopic (exact) mass is 378 g/mol. The molecular weight excluding hydrogens is 352 g/mol. The fourth-order valence-electron chi connectivity index (χ4n) is 3.48. The molecule has 0 radical (unpaired) electrons. The number of aromatic nitrogens is 2. The third-order valence-corrected chi connectivity index (χ3v) is 6.07. The highest BCUT2D eigenvalue weighted by Gasteiger charge is 2.26. The molecule has 2 atom stereocenters. The smallest absolute Gasteiger partial charge is 0.329 e. The lowest BCUT2D eigenvalue weighted by atomic mass is 9.89. The molecule has 1 aliphatic rings. The second-order valence-corrected chi connectivity index (χ2v) is 7.86. The molecule has 2 aromatic rings. The lowest BCUT2D eigenvalue weighted by Crippen LogP contribution is -2.31. The van der Waals surface area contributed by atoms with Crippen molar-refractivity contribution in [3.05, 3.63) is 27.1 Å². The van der Waals surface area contributed by atoms with Crippen LogP contribution in [0.15, 0.2) is 11.1 Å². The molecule has 0 spiro atoms. The van der Waals surface area contributed by atoms with Gasteiger partial charge in [-0.3, -0.25) is 9.36 Å². The van der Waals surface area contributed by atoms with Gasteiger partial charge < -0.3 is 9.47 Å². The Morgan fingerprint density at radius 1 is 1.42 bits per heavy atom. The van der Waals surface area contributed by atoms with Gasteiger partial charge in [0.25, 0.3) is 5.56 Å². The number of carbonyl (C=O) groups is 1. The quantitative estimate of drug-likeness (QED) is 0.547. The molecule has 6 nitrogen and oxygen atoms in total. The summed E-state index contributed by atoms with van der Waals surface area (Å²) in [6.45, 7) is 7.14. The molecular formula is C19H26N2O4S. The first kappa shape index (κ1) is 19.0. The summed E-state index contributed by atoms with van der Waals surface area (Å²) < 4.78 is 11.9. The summed E-state index contributed by atoms with van der Waals surface area (Å²) in [7, 11) is 0. The summed E-state index contributed by atoms with van der Waals surface area (Å²) in [5, 5.41) is 0.694. The molecule has 2 aromatic heterocycles. The molecule has 0 aromatic carbocycles. The number of hydrogen-bond acceptors (Lipinski definition) is 6. The Bertz CT molecular complexity index is 842. The topological polar surface area (TPSA) is 70.4 Å². The lowest BCUT2D eigenvalue weighted by Gasteiger charge is -2.18. The predicted molar refractivity (Wildman–Crippen MR) is 102 cm³/mol. The minimum absolute atomic E-state index is 0.129. The van der Waals surface area contributed by atoms with Crippen molar-refractivity contribution in [2.75, 3.05) is 19.8 Å². The number of fused-ring (bicyclic) bond motifs is 3. The molecule has 0 amide bonds. The van der Waals surface area contributed by atoms with Gasteiger partial charge in [-0.05, 0) is 44.1 Å². The fraction of sp³-hybridized carbons (Fsp3) is 0.632. The Kier molecular flexibility index (Phi) is 6.09. The van der Waals surface area contributed by atoms with Gasteiger partial charge in [-0.1, -0.05) is 13.8 Å². The van der Waals surface area contributed by atoms with Gasteiger partial charge in [0.2, 0.25) is 0 Å². The number of thiophene rings is 1. The van der Waals surface area contributed by atoms with Gasteiger partial charge >= 0.3 is 5.97 Å². The summed E-state index contributed by atoms with van der Waals surface area (Å²) in [5.41, 5.74) is 1.00. The minimum atomic E-state index is -0.654. The van der Waals surface area contributed by atoms with Crippen molar-refractivity contribution >= 4 is 27.5 Å². The molecule has 3 rings (SSSR count). The number of nitrogens with zero attached hydrogens (tertiary/aromatic N) is 2. The van der Waals surface area contributed by atoms with Crippen LogP contribution in [0.1, 0.15) is 50.1 Å². The Morgan fingerprint density at radius 2 is 2.23 bits per heavy atom. The lowest BCUT2D eigenvalue weighted by molar-refractivity contribution is -0.149. The first-order valence-corrected chi connectivity index (χ1v) is 10.1. The zero-order valence-corrected chi connectivity index (χ0v) is 16.4. The van der Waals surface area contributed by atoms with Crippen LogP contribution < -0.4 is 5.56 Å². The Balaban J connectivity index is 1.90. The van der Waals surface area contributed by atoms with E-state index < -0.39 is 12.0 Å². The average molecular weight is 378 g/mol. The van der Waals surface area contributed by atoms with Crippen LogP contribution in [0.25, 0.3) is 10.2 Å². The van der Waals surface area contributed by atoms with Gasteiger partial charge in [0, 0.05) is 11.5 Å². The second kappa shape index (κ2) is 8.31. The summed E-state index contributed by atoms with van der Waals surface area (Å²) in [5.74, 6) is 0.231. The van der Waals surface area contributed by atoms with Crippen molar-refractivity contribution in [3.63, 3.8) is 0 Å². The fourth-order valence-corrected chi connectivity index (χ4v) is 4.83. The van der Waals surface area contributed by atoms with Crippen LogP contribution in [-0.4, -0.2) is 35.3 Å². The molecule has 2 heterocycles. The number of rotatable bonds is 7. The van der Waals surface area contributed by atoms with Gasteiger partial charge in [-0.15, -0.1) is 11.3 Å². The summed E-state index contributed by atoms with van der Waals surface area (Å²) in [6.07, 6.45) is 4.97. The van der Waals surface area contributed by atoms with E-state index in [4.69, 9.17) is 9.47 Å². The number of carbonyl (C=O) groups excluding carboxylic acids is 1. The zero-order chi connectivity index (χ0) is 18.7. The van der Waals surface area contributed by atoms with Crippen molar-refractivity contribution < 1.29 is 14.3 Å². The normalized spacial score (nSPS) is 17.9. The highest BCUT2D eigenvalue weighted by molar-refractivity contribution is 7.18. The van der Waals surface area contributed by atoms with Crippen LogP contribution in [0, 0.1) is 5.92 Å². The van der Waals surface area contributed by atoms with Crippen molar-refractivity contribution in [3.8, 4) is 0 Å². The molecule has 0 fully saturated rings. The Hall–Kier alpha value is -1.73. The van der Waals surface area contributed by atoms with Crippen LogP contribution in [0.5, 0.6) is 0 Å². The van der Waals surface area contributed by atoms with E-state index in [1.807, 2.05) is 13.8 Å². The molecule has 1 aliphatic carbocycles. The maximum Gasteiger partial charge on any atom is 0.329 e. The molecule has 7 heteroatoms. The third-order valence-electron chi connectivity index (χ3n) is 4.91. The van der Waals surface area contributed by atoms with Gasteiger partial charge in [-0.2, -0.15) is 0 Å². The molecule has 0 N–H and O–H groups in total. The number of ether oxygens (including phenoxy) is 2. The third kappa shape index (κ3) is 3.69. The Labute approximate surface area is 157 Å². The van der Waals surface area contributed by atoms with Crippen LogP contribution in [0.4, 0.5) is 0 Å². The first-order chi connectivity index (χ1) is 12.6. The SMILES string of the molecule is CCOCCOC(=O)[C@@H](CC)n1cnc2sc3c(c2c1=O)CC[C@@H](C)C3. The van der Waals surface area contributed by atoms with E-state index in [9.17, 15) is 9.59 Å². The molecule has 0 aliphatic heterocycles. The first-order valence-electron chi connectivity index (χ1n) is 9.32. The molecule has 142 valence electrons. The minimum Gasteiger partial charge on any atom is -0.462 e. The molecule has 0 unspecified atom stereocenters. The number of esters is 1. The summed E-state index contributed by atoms with van der Waals surface area (Å²) in [6, 6.07) is -0.654. The maximum atomic E-state index is 13.1. The predicted octanol–water partition coefficient (Wildman–Crippen LogP) is 3.11. The van der Waals surface area contributed by atoms with E-state index in [2.05, 4.69) is 11.9 Å². The highest BCUT2D eigenvalue weighted by atomic mass is 32.1. The second-order valence-electron chi connectivity index (χ2n) is 6.78. The van der Waals surface area contributed by atoms with Crippen LogP contribution in [-0.2, 0) is 27.1 Å². The average Bonchev–Trinajstić information content (AvgIpc) is 2.99. The van der Waals surface area contributed by atoms with E-state index in [0.29, 0.717) is 30.9 Å². The van der Waals surface area contributed by atoms with Gasteiger partial charge in [0.1, 0.15) is 17.5 Å². The Morgan fingerprint density at radius 3 is 2.96 bits per heavy atom. The number of aryl methyl sites for hydroxylation is 1. The van der Waals surface area contributed by atoms with Crippen LogP contribution in [0.2, 0.25) is 0 Å². The molecule has 0 bridgehead atoms. The van der Waals surface area contributed by atoms with Crippen LogP contribution in [0.3, 0.4) is 0 Å². The van der Waals surface area contributed by atoms with Gasteiger partial charge in [-0.25, -0.2) is 9.78 Å².